The molecule has 0 aliphatic rings. The third-order valence-electron chi connectivity index (χ3n) is 3.40. The maximum atomic E-state index is 4.52. The van der Waals surface area contributed by atoms with Crippen molar-refractivity contribution in [1.82, 2.24) is 15.1 Å². The summed E-state index contributed by atoms with van der Waals surface area (Å²) in [5, 5.41) is 7.93. The van der Waals surface area contributed by atoms with Crippen LogP contribution in [0.3, 0.4) is 0 Å². The topological polar surface area (TPSA) is 29.9 Å². The number of hydrogen-bond acceptors (Lipinski definition) is 3. The first-order valence-corrected chi connectivity index (χ1v) is 7.81. The molecule has 0 aliphatic carbocycles. The Morgan fingerprint density at radius 1 is 1.37 bits per heavy atom. The molecule has 2 aromatic rings. The molecular weight excluding hydrogens is 254 g/mol. The van der Waals surface area contributed by atoms with E-state index in [9.17, 15) is 0 Å². The zero-order valence-corrected chi connectivity index (χ0v) is 13.0. The minimum absolute atomic E-state index is 0.477. The van der Waals surface area contributed by atoms with Gasteiger partial charge >= 0.3 is 0 Å². The molecule has 0 saturated carbocycles. The summed E-state index contributed by atoms with van der Waals surface area (Å²) < 4.78 is 1.91. The summed E-state index contributed by atoms with van der Waals surface area (Å²) in [6.07, 6.45) is 5.49. The molecule has 104 valence electrons. The summed E-state index contributed by atoms with van der Waals surface area (Å²) in [6, 6.07) is 4.96. The lowest BCUT2D eigenvalue weighted by Crippen LogP contribution is -2.14. The van der Waals surface area contributed by atoms with Gasteiger partial charge in [-0.05, 0) is 32.0 Å². The lowest BCUT2D eigenvalue weighted by Gasteiger charge is -2.12. The summed E-state index contributed by atoms with van der Waals surface area (Å²) in [6.45, 7) is 4.39. The van der Waals surface area contributed by atoms with Gasteiger partial charge < -0.3 is 5.32 Å². The molecule has 19 heavy (non-hydrogen) atoms. The average Bonchev–Trinajstić information content (AvgIpc) is 3.01. The van der Waals surface area contributed by atoms with Crippen LogP contribution in [0.5, 0.6) is 0 Å². The van der Waals surface area contributed by atoms with Gasteiger partial charge in [0.15, 0.2) is 0 Å². The van der Waals surface area contributed by atoms with Gasteiger partial charge in [0.1, 0.15) is 0 Å². The van der Waals surface area contributed by atoms with Crippen LogP contribution >= 0.6 is 11.3 Å². The van der Waals surface area contributed by atoms with Crippen LogP contribution in [0.2, 0.25) is 0 Å². The summed E-state index contributed by atoms with van der Waals surface area (Å²) in [4.78, 5) is 2.75. The molecule has 1 unspecified atom stereocenters. The van der Waals surface area contributed by atoms with Gasteiger partial charge in [-0.15, -0.1) is 11.3 Å². The summed E-state index contributed by atoms with van der Waals surface area (Å²) in [5.74, 6) is 0. The van der Waals surface area contributed by atoms with E-state index in [1.165, 1.54) is 33.9 Å². The average molecular weight is 277 g/mol. The molecule has 3 nitrogen and oxygen atoms in total. The fourth-order valence-corrected chi connectivity index (χ4v) is 3.59. The van der Waals surface area contributed by atoms with E-state index in [0.29, 0.717) is 6.04 Å². The van der Waals surface area contributed by atoms with Crippen molar-refractivity contribution in [1.29, 1.82) is 0 Å². The van der Waals surface area contributed by atoms with E-state index in [1.54, 1.807) is 0 Å². The van der Waals surface area contributed by atoms with E-state index >= 15 is 0 Å². The molecule has 0 bridgehead atoms. The first kappa shape index (κ1) is 14.3. The van der Waals surface area contributed by atoms with Crippen molar-refractivity contribution >= 4 is 11.3 Å². The Balaban J connectivity index is 2.29. The Bertz CT molecular complexity index is 527. The van der Waals surface area contributed by atoms with Crippen molar-refractivity contribution < 1.29 is 0 Å². The molecule has 0 aliphatic heterocycles. The number of nitrogens with one attached hydrogen (secondary N) is 1. The Kier molecular flexibility index (Phi) is 4.77. The summed E-state index contributed by atoms with van der Waals surface area (Å²) >= 11 is 1.89. The second-order valence-electron chi connectivity index (χ2n) is 4.85. The zero-order valence-electron chi connectivity index (χ0n) is 12.2. The molecule has 0 amide bonds. The number of aryl methyl sites for hydroxylation is 2. The first-order chi connectivity index (χ1) is 9.19. The number of rotatable bonds is 6. The van der Waals surface area contributed by atoms with Crippen LogP contribution < -0.4 is 5.32 Å². The van der Waals surface area contributed by atoms with Crippen LogP contribution in [0.4, 0.5) is 0 Å². The van der Waals surface area contributed by atoms with E-state index in [4.69, 9.17) is 0 Å². The van der Waals surface area contributed by atoms with Crippen molar-refractivity contribution in [3.63, 3.8) is 0 Å². The third-order valence-corrected chi connectivity index (χ3v) is 4.63. The van der Waals surface area contributed by atoms with E-state index in [1.807, 2.05) is 30.1 Å². The highest BCUT2D eigenvalue weighted by atomic mass is 32.1. The normalized spacial score (nSPS) is 12.8. The zero-order chi connectivity index (χ0) is 13.8. The van der Waals surface area contributed by atoms with Gasteiger partial charge in [0.25, 0.3) is 0 Å². The maximum Gasteiger partial charge on any atom is 0.0708 e. The number of thiophene rings is 1. The van der Waals surface area contributed by atoms with Crippen molar-refractivity contribution in [3.8, 4) is 10.4 Å². The van der Waals surface area contributed by atoms with Crippen LogP contribution in [0.15, 0.2) is 18.3 Å². The molecule has 4 heteroatoms. The number of hydrogen-bond donors (Lipinski definition) is 1. The molecule has 0 saturated heterocycles. The highest BCUT2D eigenvalue weighted by molar-refractivity contribution is 7.15. The van der Waals surface area contributed by atoms with Crippen LogP contribution in [0.25, 0.3) is 10.4 Å². The van der Waals surface area contributed by atoms with Gasteiger partial charge in [0.2, 0.25) is 0 Å². The highest BCUT2D eigenvalue weighted by Gasteiger charge is 2.14. The lowest BCUT2D eigenvalue weighted by molar-refractivity contribution is 0.550. The highest BCUT2D eigenvalue weighted by Crippen LogP contribution is 2.34. The van der Waals surface area contributed by atoms with Gasteiger partial charge in [0.05, 0.1) is 5.69 Å². The van der Waals surface area contributed by atoms with E-state index in [2.05, 4.69) is 42.6 Å². The van der Waals surface area contributed by atoms with Gasteiger partial charge in [-0.25, -0.2) is 0 Å². The molecule has 0 radical (unpaired) electrons. The summed E-state index contributed by atoms with van der Waals surface area (Å²) in [5.41, 5.74) is 2.47. The van der Waals surface area contributed by atoms with Gasteiger partial charge in [-0.3, -0.25) is 4.68 Å². The molecule has 2 rings (SSSR count). The van der Waals surface area contributed by atoms with Gasteiger partial charge in [0, 0.05) is 34.6 Å². The van der Waals surface area contributed by atoms with Crippen molar-refractivity contribution in [3.05, 3.63) is 28.9 Å². The van der Waals surface area contributed by atoms with Crippen molar-refractivity contribution in [2.75, 3.05) is 7.05 Å². The SMILES string of the molecule is CCCC(NC)c1ccc(-c2cn(C)nc2CC)s1. The molecule has 1 atom stereocenters. The Morgan fingerprint density at radius 2 is 2.16 bits per heavy atom. The standard InChI is InChI=1S/C15H23N3S/c1-5-7-13(16-3)15-9-8-14(19-15)11-10-18(4)17-12(11)6-2/h8-10,13,16H,5-7H2,1-4H3. The molecule has 2 heterocycles. The quantitative estimate of drug-likeness (QED) is 0.871. The predicted molar refractivity (Wildman–Crippen MR) is 82.6 cm³/mol. The van der Waals surface area contributed by atoms with Crippen LogP contribution in [-0.4, -0.2) is 16.8 Å². The van der Waals surface area contributed by atoms with Crippen LogP contribution in [-0.2, 0) is 13.5 Å². The monoisotopic (exact) mass is 277 g/mol. The minimum Gasteiger partial charge on any atom is -0.312 e. The fraction of sp³-hybridized carbons (Fsp3) is 0.533. The second-order valence-corrected chi connectivity index (χ2v) is 5.96. The number of aromatic nitrogens is 2. The Labute approximate surface area is 119 Å². The molecule has 0 aromatic carbocycles. The van der Waals surface area contributed by atoms with Crippen LogP contribution in [0.1, 0.15) is 43.3 Å². The third kappa shape index (κ3) is 3.07. The van der Waals surface area contributed by atoms with Crippen molar-refractivity contribution in [2.24, 2.45) is 7.05 Å². The van der Waals surface area contributed by atoms with E-state index < -0.39 is 0 Å². The predicted octanol–water partition coefficient (Wildman–Crippen LogP) is 3.77. The second kappa shape index (κ2) is 6.35. The minimum atomic E-state index is 0.477. The smallest absolute Gasteiger partial charge is 0.0708 e. The Hall–Kier alpha value is -1.13. The van der Waals surface area contributed by atoms with Crippen molar-refractivity contribution in [2.45, 2.75) is 39.2 Å². The molecule has 0 fully saturated rings. The van der Waals surface area contributed by atoms with Crippen LogP contribution in [0, 0.1) is 0 Å². The lowest BCUT2D eigenvalue weighted by atomic mass is 10.1. The van der Waals surface area contributed by atoms with E-state index in [0.717, 1.165) is 6.42 Å². The van der Waals surface area contributed by atoms with E-state index in [-0.39, 0.29) is 0 Å². The van der Waals surface area contributed by atoms with Gasteiger partial charge in [-0.2, -0.15) is 5.10 Å². The molecular formula is C15H23N3S. The molecule has 0 spiro atoms. The first-order valence-electron chi connectivity index (χ1n) is 6.99. The largest absolute Gasteiger partial charge is 0.312 e. The molecule has 1 N–H and O–H groups in total. The molecule has 2 aromatic heterocycles. The Morgan fingerprint density at radius 3 is 2.79 bits per heavy atom. The maximum absolute atomic E-state index is 4.52. The number of nitrogens with zero attached hydrogens (tertiary/aromatic N) is 2. The fourth-order valence-electron chi connectivity index (χ4n) is 2.40. The summed E-state index contributed by atoms with van der Waals surface area (Å²) in [7, 11) is 4.03. The van der Waals surface area contributed by atoms with Gasteiger partial charge in [-0.1, -0.05) is 20.3 Å².